The molecule has 0 aliphatic carbocycles. The molecular weight excluding hydrogens is 373 g/mol. The lowest BCUT2D eigenvalue weighted by Crippen LogP contribution is -2.27. The number of aliphatic hydroxyl groups excluding tert-OH is 1. The van der Waals surface area contributed by atoms with Gasteiger partial charge in [-0.05, 0) is 12.1 Å². The van der Waals surface area contributed by atoms with Crippen LogP contribution < -0.4 is 22.1 Å². The Labute approximate surface area is 155 Å². The number of nitrogens with two attached hydrogens (primary N) is 2. The molecule has 25 heavy (non-hydrogen) atoms. The Kier molecular flexibility index (Phi) is 8.68. The maximum Gasteiger partial charge on any atom is 0.271 e. The Bertz CT molecular complexity index is 702. The number of hydrogen-bond donors (Lipinski definition) is 7. The highest BCUT2D eigenvalue weighted by molar-refractivity contribution is 6.01. The van der Waals surface area contributed by atoms with E-state index in [4.69, 9.17) is 16.9 Å². The minimum Gasteiger partial charge on any atom is -0.385 e. The van der Waals surface area contributed by atoms with Crippen LogP contribution in [0.1, 0.15) is 16.9 Å². The van der Waals surface area contributed by atoms with E-state index < -0.39 is 24.0 Å². The summed E-state index contributed by atoms with van der Waals surface area (Å²) in [6, 6.07) is 0.684. The Balaban J connectivity index is 0.00000288. The summed E-state index contributed by atoms with van der Waals surface area (Å²) >= 11 is 0. The van der Waals surface area contributed by atoms with E-state index in [2.05, 4.69) is 20.6 Å². The minimum atomic E-state index is -0.911. The molecule has 12 heteroatoms. The third kappa shape index (κ3) is 6.10. The highest BCUT2D eigenvalue weighted by atomic mass is 35.5. The highest BCUT2D eigenvalue weighted by Crippen LogP contribution is 2.16. The molecule has 2 unspecified atom stereocenters. The lowest BCUT2D eigenvalue weighted by molar-refractivity contribution is -0.117. The first kappa shape index (κ1) is 22.4. The van der Waals surface area contributed by atoms with Crippen LogP contribution in [0.3, 0.4) is 0 Å². The van der Waals surface area contributed by atoms with Gasteiger partial charge in [-0.1, -0.05) is 0 Å². The summed E-state index contributed by atoms with van der Waals surface area (Å²) in [6.45, 7) is 0. The second kappa shape index (κ2) is 9.67. The van der Waals surface area contributed by atoms with Crippen LogP contribution in [0, 0.1) is 5.41 Å². The van der Waals surface area contributed by atoms with Crippen LogP contribution in [0.2, 0.25) is 0 Å². The standard InChI is InChI=1S/C13H17N7O3.2ClH/c14-10(15)1-2-17-12(22)7-3-6(5-18-7)19-13(23)8-4-9(21)11(16)20-8;;/h1-3,5,8-9,18,21H,4H2,(H3,14,15)(H2,16,20)(H,17,22)(H,19,23);2*1H/b2-1+;;. The SMILES string of the molecule is Cl.Cl.N=C(N)/C=C/NC(=O)c1cc(NC(=O)C2CC(O)C(N)=N2)c[nH]1. The molecule has 1 aliphatic heterocycles. The van der Waals surface area contributed by atoms with Gasteiger partial charge in [0.1, 0.15) is 29.5 Å². The number of aromatic amines is 1. The van der Waals surface area contributed by atoms with Gasteiger partial charge in [0.25, 0.3) is 5.91 Å². The molecule has 138 valence electrons. The summed E-state index contributed by atoms with van der Waals surface area (Å²) in [6.07, 6.45) is 3.12. The van der Waals surface area contributed by atoms with Crippen molar-refractivity contribution in [1.82, 2.24) is 10.3 Å². The molecule has 1 aromatic heterocycles. The fourth-order valence-corrected chi connectivity index (χ4v) is 1.92. The molecular formula is C13H19Cl2N7O3. The molecule has 2 amide bonds. The molecule has 0 bridgehead atoms. The van der Waals surface area contributed by atoms with Crippen molar-refractivity contribution in [2.75, 3.05) is 5.32 Å². The first-order chi connectivity index (χ1) is 10.9. The third-order valence-corrected chi connectivity index (χ3v) is 3.07. The molecule has 0 spiro atoms. The van der Waals surface area contributed by atoms with Crippen LogP contribution in [-0.4, -0.2) is 45.7 Å². The van der Waals surface area contributed by atoms with Gasteiger partial charge in [-0.15, -0.1) is 24.8 Å². The molecule has 2 atom stereocenters. The number of nitrogens with one attached hydrogen (secondary N) is 4. The molecule has 1 aliphatic rings. The molecule has 1 aromatic rings. The van der Waals surface area contributed by atoms with Crippen molar-refractivity contribution in [1.29, 1.82) is 5.41 Å². The number of carbonyl (C=O) groups is 2. The predicted molar refractivity (Wildman–Crippen MR) is 98.5 cm³/mol. The molecule has 2 heterocycles. The van der Waals surface area contributed by atoms with E-state index in [-0.39, 0.29) is 48.6 Å². The van der Waals surface area contributed by atoms with Gasteiger partial charge in [-0.3, -0.25) is 20.0 Å². The van der Waals surface area contributed by atoms with E-state index in [9.17, 15) is 14.7 Å². The largest absolute Gasteiger partial charge is 0.385 e. The fourth-order valence-electron chi connectivity index (χ4n) is 1.92. The van der Waals surface area contributed by atoms with E-state index in [0.29, 0.717) is 5.69 Å². The number of anilines is 1. The van der Waals surface area contributed by atoms with E-state index >= 15 is 0 Å². The topological polar surface area (TPSA) is 182 Å². The number of aromatic nitrogens is 1. The monoisotopic (exact) mass is 391 g/mol. The predicted octanol–water partition coefficient (Wildman–Crippen LogP) is -0.533. The average Bonchev–Trinajstić information content (AvgIpc) is 3.06. The van der Waals surface area contributed by atoms with Crippen LogP contribution in [0.25, 0.3) is 0 Å². The summed E-state index contributed by atoms with van der Waals surface area (Å²) in [5.41, 5.74) is 11.1. The Morgan fingerprint density at radius 2 is 2.12 bits per heavy atom. The normalized spacial score (nSPS) is 18.7. The molecule has 0 fully saturated rings. The average molecular weight is 392 g/mol. The van der Waals surface area contributed by atoms with E-state index in [1.807, 2.05) is 0 Å². The fraction of sp³-hybridized carbons (Fsp3) is 0.231. The quantitative estimate of drug-likeness (QED) is 0.262. The Morgan fingerprint density at radius 1 is 1.44 bits per heavy atom. The molecule has 0 radical (unpaired) electrons. The molecule has 0 saturated carbocycles. The number of amides is 2. The summed E-state index contributed by atoms with van der Waals surface area (Å²) in [5.74, 6) is -1.03. The highest BCUT2D eigenvalue weighted by Gasteiger charge is 2.30. The number of hydrogen-bond acceptors (Lipinski definition) is 6. The second-order valence-electron chi connectivity index (χ2n) is 4.87. The molecule has 0 saturated heterocycles. The zero-order valence-electron chi connectivity index (χ0n) is 12.9. The number of H-pyrrole nitrogens is 1. The van der Waals surface area contributed by atoms with Crippen LogP contribution in [0.5, 0.6) is 0 Å². The van der Waals surface area contributed by atoms with Crippen molar-refractivity contribution < 1.29 is 14.7 Å². The van der Waals surface area contributed by atoms with Gasteiger partial charge >= 0.3 is 0 Å². The third-order valence-electron chi connectivity index (χ3n) is 3.07. The van der Waals surface area contributed by atoms with Gasteiger partial charge < -0.3 is 32.2 Å². The summed E-state index contributed by atoms with van der Waals surface area (Å²) in [5, 5.41) is 21.4. The smallest absolute Gasteiger partial charge is 0.271 e. The molecule has 9 N–H and O–H groups in total. The van der Waals surface area contributed by atoms with Gasteiger partial charge in [-0.25, -0.2) is 0 Å². The summed E-state index contributed by atoms with van der Waals surface area (Å²) in [4.78, 5) is 30.3. The van der Waals surface area contributed by atoms with Crippen LogP contribution in [0.15, 0.2) is 29.5 Å². The zero-order valence-corrected chi connectivity index (χ0v) is 14.5. The number of nitrogens with zero attached hydrogens (tertiary/aromatic N) is 1. The molecule has 2 rings (SSSR count). The van der Waals surface area contributed by atoms with Gasteiger partial charge in [-0.2, -0.15) is 0 Å². The van der Waals surface area contributed by atoms with Crippen molar-refractivity contribution in [3.8, 4) is 0 Å². The van der Waals surface area contributed by atoms with Crippen molar-refractivity contribution in [2.24, 2.45) is 16.5 Å². The van der Waals surface area contributed by atoms with Crippen molar-refractivity contribution in [3.05, 3.63) is 30.2 Å². The number of aliphatic imine (C=N–C) groups is 1. The van der Waals surface area contributed by atoms with Crippen LogP contribution in [-0.2, 0) is 4.79 Å². The van der Waals surface area contributed by atoms with Crippen molar-refractivity contribution >= 4 is 54.0 Å². The molecule has 10 nitrogen and oxygen atoms in total. The first-order valence-corrected chi connectivity index (χ1v) is 6.68. The number of amidine groups is 2. The van der Waals surface area contributed by atoms with Crippen molar-refractivity contribution in [3.63, 3.8) is 0 Å². The first-order valence-electron chi connectivity index (χ1n) is 6.68. The maximum absolute atomic E-state index is 12.0. The maximum atomic E-state index is 12.0. The number of rotatable bonds is 5. The number of halogens is 2. The van der Waals surface area contributed by atoms with E-state index in [0.717, 1.165) is 0 Å². The Hall–Kier alpha value is -2.56. The summed E-state index contributed by atoms with van der Waals surface area (Å²) < 4.78 is 0. The van der Waals surface area contributed by atoms with Gasteiger partial charge in [0.05, 0.1) is 5.69 Å². The lowest BCUT2D eigenvalue weighted by Gasteiger charge is -2.06. The van der Waals surface area contributed by atoms with Gasteiger partial charge in [0.2, 0.25) is 5.91 Å². The van der Waals surface area contributed by atoms with Crippen molar-refractivity contribution in [2.45, 2.75) is 18.6 Å². The zero-order chi connectivity index (χ0) is 17.0. The summed E-state index contributed by atoms with van der Waals surface area (Å²) in [7, 11) is 0. The minimum absolute atomic E-state index is 0. The van der Waals surface area contributed by atoms with Gasteiger partial charge in [0.15, 0.2) is 0 Å². The van der Waals surface area contributed by atoms with Crippen LogP contribution >= 0.6 is 24.8 Å². The number of carbonyl (C=O) groups excluding carboxylic acids is 2. The lowest BCUT2D eigenvalue weighted by atomic mass is 10.1. The van der Waals surface area contributed by atoms with E-state index in [1.54, 1.807) is 0 Å². The second-order valence-corrected chi connectivity index (χ2v) is 4.87. The van der Waals surface area contributed by atoms with E-state index in [1.165, 1.54) is 24.5 Å². The Morgan fingerprint density at radius 3 is 2.68 bits per heavy atom. The van der Waals surface area contributed by atoms with Crippen LogP contribution in [0.4, 0.5) is 5.69 Å². The number of aliphatic hydroxyl groups is 1. The van der Waals surface area contributed by atoms with Gasteiger partial charge in [0, 0.05) is 18.8 Å². The molecule has 0 aromatic carbocycles.